The van der Waals surface area contributed by atoms with Crippen LogP contribution in [0.3, 0.4) is 0 Å². The van der Waals surface area contributed by atoms with Gasteiger partial charge in [-0.1, -0.05) is 39.6 Å². The van der Waals surface area contributed by atoms with Gasteiger partial charge in [0.25, 0.3) is 0 Å². The van der Waals surface area contributed by atoms with E-state index >= 15 is 0 Å². The predicted octanol–water partition coefficient (Wildman–Crippen LogP) is 6.77. The van der Waals surface area contributed by atoms with Gasteiger partial charge in [0.2, 0.25) is 0 Å². The standard InChI is InChI=1S/C30H40N6O3SSi/c1-20(2)25-26(24-16-31-29(40-24)22-7-9-30(10-8-22)38-11-12-39-30)34-36(19-37-13-14-41(4,5)6)27(25)23-15-21(3)28-32-18-33-35(28)17-23/h7,15-18,20H,8-14,19H2,1-6H3. The van der Waals surface area contributed by atoms with E-state index in [9.17, 15) is 0 Å². The highest BCUT2D eigenvalue weighted by Gasteiger charge is 2.38. The first-order valence-corrected chi connectivity index (χ1v) is 19.1. The summed E-state index contributed by atoms with van der Waals surface area (Å²) < 4.78 is 22.0. The minimum absolute atomic E-state index is 0.235. The lowest BCUT2D eigenvalue weighted by Gasteiger charge is -2.30. The van der Waals surface area contributed by atoms with Crippen molar-refractivity contribution in [2.75, 3.05) is 19.8 Å². The molecular weight excluding hydrogens is 553 g/mol. The molecule has 1 fully saturated rings. The molecule has 0 N–H and O–H groups in total. The molecule has 0 radical (unpaired) electrons. The molecule has 0 saturated carbocycles. The van der Waals surface area contributed by atoms with Crippen molar-refractivity contribution in [3.63, 3.8) is 0 Å². The fourth-order valence-electron chi connectivity index (χ4n) is 5.65. The quantitative estimate of drug-likeness (QED) is 0.157. The van der Waals surface area contributed by atoms with Crippen molar-refractivity contribution in [3.8, 4) is 21.8 Å². The topological polar surface area (TPSA) is 88.6 Å². The monoisotopic (exact) mass is 592 g/mol. The van der Waals surface area contributed by atoms with Crippen molar-refractivity contribution in [2.24, 2.45) is 0 Å². The van der Waals surface area contributed by atoms with Crippen LogP contribution in [0.5, 0.6) is 0 Å². The molecule has 41 heavy (non-hydrogen) atoms. The number of aryl methyl sites for hydroxylation is 1. The van der Waals surface area contributed by atoms with Crippen molar-refractivity contribution in [3.05, 3.63) is 47.0 Å². The molecule has 4 aromatic heterocycles. The Labute approximate surface area is 246 Å². The van der Waals surface area contributed by atoms with Gasteiger partial charge in [0.05, 0.1) is 23.8 Å². The molecule has 1 saturated heterocycles. The number of hydrogen-bond acceptors (Lipinski definition) is 8. The predicted molar refractivity (Wildman–Crippen MR) is 165 cm³/mol. The fourth-order valence-corrected chi connectivity index (χ4v) is 7.39. The summed E-state index contributed by atoms with van der Waals surface area (Å²) in [7, 11) is -1.20. The van der Waals surface area contributed by atoms with E-state index < -0.39 is 13.9 Å². The Morgan fingerprint density at radius 2 is 1.98 bits per heavy atom. The van der Waals surface area contributed by atoms with Gasteiger partial charge in [-0.15, -0.1) is 11.3 Å². The second-order valence-corrected chi connectivity index (χ2v) is 19.3. The van der Waals surface area contributed by atoms with Gasteiger partial charge in [0.15, 0.2) is 11.4 Å². The number of allylic oxidation sites excluding steroid dienone is 1. The highest BCUT2D eigenvalue weighted by molar-refractivity contribution is 7.16. The van der Waals surface area contributed by atoms with E-state index in [0.717, 1.165) is 70.0 Å². The number of hydrogen-bond donors (Lipinski definition) is 0. The van der Waals surface area contributed by atoms with Crippen LogP contribution in [0.2, 0.25) is 25.7 Å². The van der Waals surface area contributed by atoms with Gasteiger partial charge < -0.3 is 14.2 Å². The Bertz CT molecular complexity index is 1570. The lowest BCUT2D eigenvalue weighted by molar-refractivity contribution is -0.159. The van der Waals surface area contributed by atoms with E-state index in [1.807, 2.05) is 15.4 Å². The number of fused-ring (bicyclic) bond motifs is 1. The molecular formula is C30H40N6O3SSi. The number of pyridine rings is 1. The van der Waals surface area contributed by atoms with Crippen molar-refractivity contribution >= 4 is 30.6 Å². The molecule has 1 aliphatic carbocycles. The largest absolute Gasteiger partial charge is 0.360 e. The maximum absolute atomic E-state index is 6.25. The molecule has 1 spiro atoms. The Kier molecular flexibility index (Phi) is 7.75. The second kappa shape index (κ2) is 11.2. The van der Waals surface area contributed by atoms with Crippen molar-refractivity contribution in [2.45, 2.75) is 84.2 Å². The Hall–Kier alpha value is -2.70. The number of aromatic nitrogens is 6. The number of rotatable bonds is 9. The number of thiazole rings is 1. The number of ether oxygens (including phenoxy) is 3. The first kappa shape index (κ1) is 28.4. The Morgan fingerprint density at radius 1 is 1.17 bits per heavy atom. The average molecular weight is 593 g/mol. The minimum Gasteiger partial charge on any atom is -0.360 e. The summed E-state index contributed by atoms with van der Waals surface area (Å²) in [6, 6.07) is 3.30. The molecule has 11 heteroatoms. The van der Waals surface area contributed by atoms with Crippen LogP contribution in [-0.4, -0.2) is 63.0 Å². The first-order valence-electron chi connectivity index (χ1n) is 14.5. The zero-order chi connectivity index (χ0) is 28.8. The summed E-state index contributed by atoms with van der Waals surface area (Å²) in [4.78, 5) is 10.4. The van der Waals surface area contributed by atoms with Gasteiger partial charge in [0, 0.05) is 51.0 Å². The van der Waals surface area contributed by atoms with E-state index in [1.165, 1.54) is 11.1 Å². The van der Waals surface area contributed by atoms with Gasteiger partial charge >= 0.3 is 0 Å². The maximum atomic E-state index is 6.25. The first-order chi connectivity index (χ1) is 19.6. The van der Waals surface area contributed by atoms with Gasteiger partial charge in [-0.25, -0.2) is 19.2 Å². The van der Waals surface area contributed by atoms with E-state index in [4.69, 9.17) is 24.3 Å². The summed E-state index contributed by atoms with van der Waals surface area (Å²) in [6.07, 6.45) is 10.4. The van der Waals surface area contributed by atoms with E-state index in [2.05, 4.69) is 68.8 Å². The fraction of sp³-hybridized carbons (Fsp3) is 0.533. The molecule has 1 aliphatic heterocycles. The van der Waals surface area contributed by atoms with Crippen LogP contribution >= 0.6 is 11.3 Å². The Morgan fingerprint density at radius 3 is 2.68 bits per heavy atom. The van der Waals surface area contributed by atoms with Gasteiger partial charge in [0.1, 0.15) is 23.8 Å². The summed E-state index contributed by atoms with van der Waals surface area (Å²) in [5.41, 5.74) is 7.47. The lowest BCUT2D eigenvalue weighted by atomic mass is 9.94. The third kappa shape index (κ3) is 5.83. The van der Waals surface area contributed by atoms with Gasteiger partial charge in [-0.2, -0.15) is 10.2 Å². The van der Waals surface area contributed by atoms with Crippen LogP contribution in [0.25, 0.3) is 33.0 Å². The summed E-state index contributed by atoms with van der Waals surface area (Å²) in [5, 5.41) is 10.7. The van der Waals surface area contributed by atoms with Gasteiger partial charge in [-0.05, 0) is 42.5 Å². The normalized spacial score (nSPS) is 17.3. The molecule has 6 rings (SSSR count). The van der Waals surface area contributed by atoms with Crippen LogP contribution in [0.15, 0.2) is 30.9 Å². The maximum Gasteiger partial charge on any atom is 0.172 e. The molecule has 218 valence electrons. The van der Waals surface area contributed by atoms with Crippen LogP contribution in [-0.2, 0) is 20.9 Å². The zero-order valence-electron chi connectivity index (χ0n) is 24.9. The third-order valence-electron chi connectivity index (χ3n) is 7.87. The van der Waals surface area contributed by atoms with Crippen molar-refractivity contribution < 1.29 is 14.2 Å². The average Bonchev–Trinajstić information content (AvgIpc) is 3.72. The highest BCUT2D eigenvalue weighted by atomic mass is 32.1. The van der Waals surface area contributed by atoms with E-state index in [-0.39, 0.29) is 5.92 Å². The lowest BCUT2D eigenvalue weighted by Crippen LogP contribution is -2.31. The van der Waals surface area contributed by atoms with Crippen LogP contribution < -0.4 is 0 Å². The van der Waals surface area contributed by atoms with E-state index in [0.29, 0.717) is 19.9 Å². The molecule has 4 aromatic rings. The SMILES string of the molecule is Cc1cc(-c2c(C(C)C)c(-c3cnc(C4=CCC5(CC4)OCCO5)s3)nn2COCC[Si](C)(C)C)cn2ncnc12. The van der Waals surface area contributed by atoms with Crippen molar-refractivity contribution in [1.29, 1.82) is 0 Å². The molecule has 2 aliphatic rings. The summed E-state index contributed by atoms with van der Waals surface area (Å²) in [6.45, 7) is 16.1. The summed E-state index contributed by atoms with van der Waals surface area (Å²) >= 11 is 1.71. The molecule has 9 nitrogen and oxygen atoms in total. The zero-order valence-corrected chi connectivity index (χ0v) is 26.8. The second-order valence-electron chi connectivity index (χ2n) is 12.6. The molecule has 0 bridgehead atoms. The van der Waals surface area contributed by atoms with Gasteiger partial charge in [-0.3, -0.25) is 0 Å². The number of nitrogens with zero attached hydrogens (tertiary/aromatic N) is 6. The van der Waals surface area contributed by atoms with Crippen molar-refractivity contribution in [1.82, 2.24) is 29.4 Å². The van der Waals surface area contributed by atoms with Crippen LogP contribution in [0.1, 0.15) is 55.2 Å². The molecule has 0 amide bonds. The van der Waals surface area contributed by atoms with Crippen LogP contribution in [0.4, 0.5) is 0 Å². The van der Waals surface area contributed by atoms with E-state index in [1.54, 1.807) is 17.7 Å². The molecule has 0 aromatic carbocycles. The third-order valence-corrected chi connectivity index (χ3v) is 10.7. The molecule has 0 unspecified atom stereocenters. The minimum atomic E-state index is -1.20. The summed E-state index contributed by atoms with van der Waals surface area (Å²) in [5.74, 6) is -0.195. The smallest absolute Gasteiger partial charge is 0.172 e. The Balaban J connectivity index is 1.38. The molecule has 5 heterocycles. The van der Waals surface area contributed by atoms with Crippen LogP contribution in [0, 0.1) is 6.92 Å². The highest BCUT2D eigenvalue weighted by Crippen LogP contribution is 2.43. The molecule has 0 atom stereocenters.